The van der Waals surface area contributed by atoms with Gasteiger partial charge in [0, 0.05) is 45.8 Å². The summed E-state index contributed by atoms with van der Waals surface area (Å²) in [5.74, 6) is 2.54. The zero-order chi connectivity index (χ0) is 22.4. The van der Waals surface area contributed by atoms with Gasteiger partial charge in [0.15, 0.2) is 11.2 Å². The molecule has 0 radical (unpaired) electrons. The molecule has 176 valence electrons. The Labute approximate surface area is 189 Å². The van der Waals surface area contributed by atoms with Crippen molar-refractivity contribution in [1.29, 1.82) is 0 Å². The number of nitrogens with one attached hydrogen (secondary N) is 1. The highest BCUT2D eigenvalue weighted by atomic mass is 16.2. The third kappa shape index (κ3) is 3.70. The molecule has 0 amide bonds. The normalized spacial score (nSPS) is 24.2. The fraction of sp³-hybridized carbons (Fsp3) is 0.792. The highest BCUT2D eigenvalue weighted by Crippen LogP contribution is 2.34. The van der Waals surface area contributed by atoms with E-state index >= 15 is 0 Å². The summed E-state index contributed by atoms with van der Waals surface area (Å²) in [6, 6.07) is 0.428. The quantitative estimate of drug-likeness (QED) is 0.743. The minimum Gasteiger partial charge on any atom is -0.338 e. The van der Waals surface area contributed by atoms with E-state index in [0.717, 1.165) is 45.0 Å². The number of aromatic nitrogens is 4. The van der Waals surface area contributed by atoms with Crippen LogP contribution in [0.15, 0.2) is 9.59 Å². The zero-order valence-corrected chi connectivity index (χ0v) is 19.8. The third-order valence-corrected chi connectivity index (χ3v) is 8.01. The van der Waals surface area contributed by atoms with Gasteiger partial charge in [0.1, 0.15) is 0 Å². The van der Waals surface area contributed by atoms with Gasteiger partial charge in [-0.3, -0.25) is 13.9 Å². The maximum atomic E-state index is 13.7. The summed E-state index contributed by atoms with van der Waals surface area (Å²) in [5.41, 5.74) is 0.740. The van der Waals surface area contributed by atoms with E-state index in [-0.39, 0.29) is 11.2 Å². The van der Waals surface area contributed by atoms with Crippen molar-refractivity contribution >= 4 is 17.1 Å². The van der Waals surface area contributed by atoms with Gasteiger partial charge < -0.3 is 14.8 Å². The summed E-state index contributed by atoms with van der Waals surface area (Å²) in [5, 5.41) is 3.53. The Kier molecular flexibility index (Phi) is 5.90. The van der Waals surface area contributed by atoms with Crippen LogP contribution in [0.2, 0.25) is 0 Å². The van der Waals surface area contributed by atoms with Gasteiger partial charge in [0.25, 0.3) is 5.56 Å². The van der Waals surface area contributed by atoms with Crippen molar-refractivity contribution in [1.82, 2.24) is 24.0 Å². The lowest BCUT2D eigenvalue weighted by Gasteiger charge is -2.28. The molecule has 1 aliphatic carbocycles. The van der Waals surface area contributed by atoms with Crippen LogP contribution >= 0.6 is 0 Å². The van der Waals surface area contributed by atoms with Crippen molar-refractivity contribution in [3.05, 3.63) is 20.8 Å². The molecule has 32 heavy (non-hydrogen) atoms. The number of rotatable bonds is 6. The molecular formula is C24H38N6O2. The molecule has 3 aliphatic rings. The summed E-state index contributed by atoms with van der Waals surface area (Å²) in [6.07, 6.45) is 8.23. The van der Waals surface area contributed by atoms with E-state index in [4.69, 9.17) is 4.98 Å². The smallest absolute Gasteiger partial charge is 0.332 e. The number of imidazole rings is 1. The maximum absolute atomic E-state index is 13.7. The van der Waals surface area contributed by atoms with Crippen LogP contribution in [-0.4, -0.2) is 44.4 Å². The first-order valence-corrected chi connectivity index (χ1v) is 12.6. The molecule has 0 aromatic carbocycles. The molecule has 1 N–H and O–H groups in total. The first-order chi connectivity index (χ1) is 15.5. The van der Waals surface area contributed by atoms with Crippen molar-refractivity contribution in [2.45, 2.75) is 77.9 Å². The summed E-state index contributed by atoms with van der Waals surface area (Å²) < 4.78 is 5.23. The van der Waals surface area contributed by atoms with Crippen LogP contribution in [0.25, 0.3) is 11.2 Å². The second kappa shape index (κ2) is 8.69. The molecule has 2 atom stereocenters. The second-order valence-corrected chi connectivity index (χ2v) is 10.6. The van der Waals surface area contributed by atoms with Gasteiger partial charge in [-0.2, -0.15) is 4.98 Å². The van der Waals surface area contributed by atoms with Crippen molar-refractivity contribution < 1.29 is 0 Å². The Morgan fingerprint density at radius 2 is 1.84 bits per heavy atom. The van der Waals surface area contributed by atoms with Gasteiger partial charge in [-0.15, -0.1) is 0 Å². The Hall–Kier alpha value is -2.09. The maximum Gasteiger partial charge on any atom is 0.332 e. The fourth-order valence-corrected chi connectivity index (χ4v) is 6.06. The monoisotopic (exact) mass is 442 g/mol. The molecule has 4 heterocycles. The summed E-state index contributed by atoms with van der Waals surface area (Å²) in [4.78, 5) is 34.2. The summed E-state index contributed by atoms with van der Waals surface area (Å²) in [6.45, 7) is 8.53. The van der Waals surface area contributed by atoms with Gasteiger partial charge in [-0.1, -0.05) is 33.1 Å². The average molecular weight is 443 g/mol. The molecule has 0 spiro atoms. The summed E-state index contributed by atoms with van der Waals surface area (Å²) in [7, 11) is 1.77. The van der Waals surface area contributed by atoms with Crippen LogP contribution in [0.5, 0.6) is 0 Å². The van der Waals surface area contributed by atoms with Gasteiger partial charge in [-0.05, 0) is 43.4 Å². The molecule has 8 nitrogen and oxygen atoms in total. The van der Waals surface area contributed by atoms with Crippen LogP contribution in [0.4, 0.5) is 5.95 Å². The molecule has 0 bridgehead atoms. The van der Waals surface area contributed by atoms with E-state index in [1.54, 1.807) is 11.6 Å². The Morgan fingerprint density at radius 3 is 2.59 bits per heavy atom. The van der Waals surface area contributed by atoms with Crippen molar-refractivity contribution in [2.75, 3.05) is 24.5 Å². The van der Waals surface area contributed by atoms with Crippen molar-refractivity contribution in [3.63, 3.8) is 0 Å². The van der Waals surface area contributed by atoms with Crippen LogP contribution in [0, 0.1) is 17.8 Å². The van der Waals surface area contributed by atoms with Gasteiger partial charge in [-0.25, -0.2) is 4.79 Å². The van der Waals surface area contributed by atoms with Crippen LogP contribution in [0.1, 0.15) is 58.8 Å². The number of fused-ring (bicyclic) bond motifs is 2. The Balaban J connectivity index is 1.65. The van der Waals surface area contributed by atoms with Gasteiger partial charge in [0.05, 0.1) is 0 Å². The molecule has 8 heteroatoms. The van der Waals surface area contributed by atoms with E-state index in [1.807, 2.05) is 0 Å². The highest BCUT2D eigenvalue weighted by molar-refractivity contribution is 5.75. The molecule has 2 aromatic heterocycles. The number of aryl methyl sites for hydroxylation is 1. The lowest BCUT2D eigenvalue weighted by atomic mass is 9.89. The van der Waals surface area contributed by atoms with E-state index in [1.165, 1.54) is 36.7 Å². The molecule has 2 aliphatic heterocycles. The van der Waals surface area contributed by atoms with Crippen molar-refractivity contribution in [3.8, 4) is 0 Å². The standard InChI is InChI=1S/C24H38N6O2/c1-16(2)9-11-29-22(31)20-21(27(3)24(29)32)26-23(28-12-10-18-13-25-14-19(18)28)30(20)15-17-7-5-4-6-8-17/h16-19,25H,4-15H2,1-3H3. The van der Waals surface area contributed by atoms with Crippen LogP contribution in [0.3, 0.4) is 0 Å². The fourth-order valence-electron chi connectivity index (χ4n) is 6.06. The SMILES string of the molecule is CC(C)CCn1c(=O)c2c(nc(N3CCC4CNCC43)n2CC2CCCCC2)n(C)c1=O. The number of hydrogen-bond donors (Lipinski definition) is 1. The van der Waals surface area contributed by atoms with E-state index in [2.05, 4.69) is 28.6 Å². The Morgan fingerprint density at radius 1 is 1.06 bits per heavy atom. The molecule has 2 saturated heterocycles. The lowest BCUT2D eigenvalue weighted by molar-refractivity contribution is 0.321. The molecule has 1 saturated carbocycles. The topological polar surface area (TPSA) is 77.1 Å². The van der Waals surface area contributed by atoms with Crippen LogP contribution < -0.4 is 21.5 Å². The minimum atomic E-state index is -0.251. The predicted molar refractivity (Wildman–Crippen MR) is 127 cm³/mol. The molecule has 2 aromatic rings. The Bertz CT molecular complexity index is 1090. The zero-order valence-electron chi connectivity index (χ0n) is 19.8. The highest BCUT2D eigenvalue weighted by Gasteiger charge is 2.40. The largest absolute Gasteiger partial charge is 0.338 e. The molecule has 3 fully saturated rings. The molecular weight excluding hydrogens is 404 g/mol. The number of hydrogen-bond acceptors (Lipinski definition) is 5. The second-order valence-electron chi connectivity index (χ2n) is 10.6. The first-order valence-electron chi connectivity index (χ1n) is 12.6. The summed E-state index contributed by atoms with van der Waals surface area (Å²) >= 11 is 0. The van der Waals surface area contributed by atoms with Gasteiger partial charge >= 0.3 is 5.69 Å². The predicted octanol–water partition coefficient (Wildman–Crippen LogP) is 2.32. The van der Waals surface area contributed by atoms with E-state index in [0.29, 0.717) is 41.5 Å². The number of anilines is 1. The number of nitrogens with zero attached hydrogens (tertiary/aromatic N) is 5. The first kappa shape index (κ1) is 21.7. The van der Waals surface area contributed by atoms with Crippen LogP contribution in [-0.2, 0) is 20.1 Å². The van der Waals surface area contributed by atoms with E-state index < -0.39 is 0 Å². The van der Waals surface area contributed by atoms with Gasteiger partial charge in [0.2, 0.25) is 5.95 Å². The van der Waals surface area contributed by atoms with E-state index in [9.17, 15) is 9.59 Å². The lowest BCUT2D eigenvalue weighted by Crippen LogP contribution is -2.40. The molecule has 5 rings (SSSR count). The third-order valence-electron chi connectivity index (χ3n) is 8.01. The average Bonchev–Trinajstić information content (AvgIpc) is 3.47. The minimum absolute atomic E-state index is 0.168. The molecule has 2 unspecified atom stereocenters. The van der Waals surface area contributed by atoms with Crippen molar-refractivity contribution in [2.24, 2.45) is 24.8 Å².